The van der Waals surface area contributed by atoms with Gasteiger partial charge in [-0.1, -0.05) is 216 Å². The van der Waals surface area contributed by atoms with Gasteiger partial charge in [0, 0.05) is 13.0 Å². The molecule has 420 valence electrons. The van der Waals surface area contributed by atoms with Crippen LogP contribution >= 0.6 is 7.82 Å². The lowest BCUT2D eigenvalue weighted by Crippen LogP contribution is -2.64. The smallest absolute Gasteiger partial charge is 0.457 e. The summed E-state index contributed by atoms with van der Waals surface area (Å²) in [6, 6.07) is 0. The van der Waals surface area contributed by atoms with Crippen LogP contribution in [0, 0.1) is 0 Å². The molecule has 0 amide bonds. The molecule has 0 radical (unpaired) electrons. The third-order valence-electron chi connectivity index (χ3n) is 13.4. The standard InChI is InChI=1S/C59H107O12P/c1-3-5-7-9-11-13-15-17-19-21-23-25-26-27-29-31-33-35-37-39-41-43-45-47-49-68-50-52(51-69-72(66,67)71-59-57(64)55(62)54(61)56(63)58(59)65)70-53(60)48-46-44-42-40-38-36-34-32-30-28-24-22-20-18-16-14-12-10-8-6-4-2/h15-18,21-24,26-27,52,54-59,61-65H,3-14,19-20,25,28-51H2,1-2H3,(H,66,67)/b17-15-,18-16-,23-21-,24-22-,27-26-. The molecule has 6 unspecified atom stereocenters. The average Bonchev–Trinajstić information content (AvgIpc) is 3.37. The number of unbranched alkanes of at least 4 members (excludes halogenated alkanes) is 28. The number of rotatable bonds is 50. The van der Waals surface area contributed by atoms with Crippen LogP contribution in [0.2, 0.25) is 0 Å². The molecule has 72 heavy (non-hydrogen) atoms. The molecule has 0 aromatic heterocycles. The number of carbonyl (C=O) groups excluding carboxylic acids is 1. The third kappa shape index (κ3) is 39.5. The van der Waals surface area contributed by atoms with Crippen LogP contribution in [0.4, 0.5) is 0 Å². The van der Waals surface area contributed by atoms with Crippen molar-refractivity contribution in [2.45, 2.75) is 288 Å². The van der Waals surface area contributed by atoms with E-state index in [9.17, 15) is 39.8 Å². The van der Waals surface area contributed by atoms with Crippen molar-refractivity contribution in [1.82, 2.24) is 0 Å². The van der Waals surface area contributed by atoms with E-state index in [0.29, 0.717) is 13.0 Å². The normalized spacial score (nSPS) is 21.1. The molecule has 1 aliphatic rings. The predicted octanol–water partition coefficient (Wildman–Crippen LogP) is 14.1. The van der Waals surface area contributed by atoms with E-state index in [-0.39, 0.29) is 13.0 Å². The second kappa shape index (κ2) is 48.7. The average molecular weight is 1040 g/mol. The van der Waals surface area contributed by atoms with Crippen molar-refractivity contribution in [1.29, 1.82) is 0 Å². The maximum Gasteiger partial charge on any atom is 0.472 e. The van der Waals surface area contributed by atoms with Crippen molar-refractivity contribution >= 4 is 13.8 Å². The van der Waals surface area contributed by atoms with Gasteiger partial charge in [0.2, 0.25) is 0 Å². The van der Waals surface area contributed by atoms with E-state index >= 15 is 0 Å². The van der Waals surface area contributed by atoms with Crippen LogP contribution in [0.3, 0.4) is 0 Å². The van der Waals surface area contributed by atoms with Gasteiger partial charge in [-0.25, -0.2) is 4.57 Å². The number of aliphatic hydroxyl groups excluding tert-OH is 5. The molecular weight excluding hydrogens is 932 g/mol. The highest BCUT2D eigenvalue weighted by atomic mass is 31.2. The monoisotopic (exact) mass is 1040 g/mol. The van der Waals surface area contributed by atoms with Gasteiger partial charge in [0.05, 0.1) is 13.2 Å². The number of phosphoric ester groups is 1. The summed E-state index contributed by atoms with van der Waals surface area (Å²) in [5.74, 6) is -0.483. The summed E-state index contributed by atoms with van der Waals surface area (Å²) in [7, 11) is -5.03. The molecule has 1 aliphatic carbocycles. The zero-order chi connectivity index (χ0) is 52.6. The SMILES string of the molecule is CCCCCCC/C=C\C/C=C\C/C=C\CCCCCCCCCCCOCC(COP(=O)(O)OC1C(O)C(O)C(O)C(O)C1O)OC(=O)CCCCCCCCCCC/C=C\C/C=C\CCCCCCC. The van der Waals surface area contributed by atoms with Crippen molar-refractivity contribution in [3.05, 3.63) is 60.8 Å². The fourth-order valence-corrected chi connectivity index (χ4v) is 9.72. The summed E-state index contributed by atoms with van der Waals surface area (Å²) in [6.45, 7) is 4.25. The maximum atomic E-state index is 12.9. The summed E-state index contributed by atoms with van der Waals surface area (Å²) in [4.78, 5) is 23.3. The lowest BCUT2D eigenvalue weighted by molar-refractivity contribution is -0.220. The van der Waals surface area contributed by atoms with Gasteiger partial charge in [-0.15, -0.1) is 0 Å². The van der Waals surface area contributed by atoms with E-state index in [2.05, 4.69) is 74.6 Å². The van der Waals surface area contributed by atoms with Gasteiger partial charge in [-0.05, 0) is 83.5 Å². The van der Waals surface area contributed by atoms with Gasteiger partial charge >= 0.3 is 13.8 Å². The minimum Gasteiger partial charge on any atom is -0.457 e. The number of aliphatic hydroxyl groups is 5. The molecule has 1 rings (SSSR count). The molecular formula is C59H107O12P. The van der Waals surface area contributed by atoms with Gasteiger partial charge in [0.1, 0.15) is 42.7 Å². The number of phosphoric acid groups is 1. The second-order valence-corrected chi connectivity index (χ2v) is 21.5. The molecule has 0 aromatic rings. The maximum absolute atomic E-state index is 12.9. The fraction of sp³-hybridized carbons (Fsp3) is 0.814. The Morgan fingerprint density at radius 2 is 0.778 bits per heavy atom. The first-order valence-corrected chi connectivity index (χ1v) is 30.6. The Kier molecular flexibility index (Phi) is 46.0. The van der Waals surface area contributed by atoms with Gasteiger partial charge in [-0.2, -0.15) is 0 Å². The number of carbonyl (C=O) groups is 1. The highest BCUT2D eigenvalue weighted by Crippen LogP contribution is 2.47. The number of allylic oxidation sites excluding steroid dienone is 10. The number of ether oxygens (including phenoxy) is 2. The number of hydrogen-bond donors (Lipinski definition) is 6. The van der Waals surface area contributed by atoms with Gasteiger partial charge in [-0.3, -0.25) is 13.8 Å². The van der Waals surface area contributed by atoms with E-state index in [0.717, 1.165) is 77.0 Å². The largest absolute Gasteiger partial charge is 0.472 e. The lowest BCUT2D eigenvalue weighted by atomic mass is 9.85. The Labute approximate surface area is 438 Å². The summed E-state index contributed by atoms with van der Waals surface area (Å²) in [6.07, 6.45) is 51.4. The van der Waals surface area contributed by atoms with Gasteiger partial charge in [0.25, 0.3) is 0 Å². The number of esters is 1. The van der Waals surface area contributed by atoms with E-state index in [1.54, 1.807) is 0 Å². The molecule has 1 fully saturated rings. The Balaban J connectivity index is 2.30. The zero-order valence-corrected chi connectivity index (χ0v) is 46.4. The zero-order valence-electron chi connectivity index (χ0n) is 45.5. The fourth-order valence-electron chi connectivity index (χ4n) is 8.75. The first-order chi connectivity index (χ1) is 35.0. The molecule has 13 heteroatoms. The van der Waals surface area contributed by atoms with E-state index < -0.39 is 63.1 Å². The van der Waals surface area contributed by atoms with E-state index in [4.69, 9.17) is 18.5 Å². The van der Waals surface area contributed by atoms with Crippen LogP contribution in [0.5, 0.6) is 0 Å². The number of hydrogen-bond acceptors (Lipinski definition) is 11. The first kappa shape index (κ1) is 68.1. The van der Waals surface area contributed by atoms with E-state index in [1.807, 2.05) is 0 Å². The summed E-state index contributed by atoms with van der Waals surface area (Å²) in [5, 5.41) is 50.4. The van der Waals surface area contributed by atoms with Crippen LogP contribution in [0.15, 0.2) is 60.8 Å². The van der Waals surface area contributed by atoms with Crippen LogP contribution < -0.4 is 0 Å². The second-order valence-electron chi connectivity index (χ2n) is 20.1. The molecule has 6 atom stereocenters. The van der Waals surface area contributed by atoms with Crippen molar-refractivity contribution < 1.29 is 58.3 Å². The Morgan fingerprint density at radius 1 is 0.444 bits per heavy atom. The Bertz CT molecular complexity index is 1420. The molecule has 0 aliphatic heterocycles. The van der Waals surface area contributed by atoms with Crippen LogP contribution in [0.25, 0.3) is 0 Å². The van der Waals surface area contributed by atoms with Crippen LogP contribution in [0.1, 0.15) is 245 Å². The predicted molar refractivity (Wildman–Crippen MR) is 295 cm³/mol. The Hall–Kier alpha value is -1.96. The summed E-state index contributed by atoms with van der Waals surface area (Å²) < 4.78 is 34.4. The third-order valence-corrected chi connectivity index (χ3v) is 14.3. The molecule has 0 heterocycles. The van der Waals surface area contributed by atoms with Crippen LogP contribution in [-0.2, 0) is 27.9 Å². The molecule has 0 saturated heterocycles. The molecule has 0 bridgehead atoms. The lowest BCUT2D eigenvalue weighted by Gasteiger charge is -2.41. The summed E-state index contributed by atoms with van der Waals surface area (Å²) >= 11 is 0. The molecule has 0 spiro atoms. The quantitative estimate of drug-likeness (QED) is 0.0146. The summed E-state index contributed by atoms with van der Waals surface area (Å²) in [5.41, 5.74) is 0. The van der Waals surface area contributed by atoms with Crippen molar-refractivity contribution in [2.75, 3.05) is 19.8 Å². The molecule has 12 nitrogen and oxygen atoms in total. The van der Waals surface area contributed by atoms with Crippen molar-refractivity contribution in [3.8, 4) is 0 Å². The first-order valence-electron chi connectivity index (χ1n) is 29.1. The van der Waals surface area contributed by atoms with Crippen molar-refractivity contribution in [3.63, 3.8) is 0 Å². The van der Waals surface area contributed by atoms with Crippen molar-refractivity contribution in [2.24, 2.45) is 0 Å². The topological polar surface area (TPSA) is 192 Å². The molecule has 6 N–H and O–H groups in total. The molecule has 0 aromatic carbocycles. The van der Waals surface area contributed by atoms with E-state index in [1.165, 1.54) is 141 Å². The molecule has 1 saturated carbocycles. The Morgan fingerprint density at radius 3 is 1.18 bits per heavy atom. The van der Waals surface area contributed by atoms with Gasteiger partial charge in [0.15, 0.2) is 0 Å². The van der Waals surface area contributed by atoms with Gasteiger partial charge < -0.3 is 39.9 Å². The van der Waals surface area contributed by atoms with Crippen LogP contribution in [-0.4, -0.2) is 98.9 Å². The highest BCUT2D eigenvalue weighted by Gasteiger charge is 2.51. The minimum absolute atomic E-state index is 0.0835. The highest BCUT2D eigenvalue weighted by molar-refractivity contribution is 7.47. The minimum atomic E-state index is -5.03.